The second-order valence-corrected chi connectivity index (χ2v) is 13.6. The number of carbonyl (C=O) groups is 1. The number of carbonyl (C=O) groups excluding carboxylic acids is 1. The molecule has 41 heavy (non-hydrogen) atoms. The van der Waals surface area contributed by atoms with Crippen LogP contribution in [0.1, 0.15) is 23.1 Å². The molecule has 4 aromatic rings. The Labute approximate surface area is 245 Å². The van der Waals surface area contributed by atoms with Crippen LogP contribution in [-0.2, 0) is 27.9 Å². The zero-order valence-corrected chi connectivity index (χ0v) is 24.2. The van der Waals surface area contributed by atoms with Crippen molar-refractivity contribution in [3.63, 3.8) is 0 Å². The maximum Gasteiger partial charge on any atom is 0.263 e. The van der Waals surface area contributed by atoms with Gasteiger partial charge in [-0.3, -0.25) is 9.78 Å². The summed E-state index contributed by atoms with van der Waals surface area (Å²) in [5, 5.41) is 5.94. The van der Waals surface area contributed by atoms with Crippen molar-refractivity contribution in [2.75, 3.05) is 11.9 Å². The summed E-state index contributed by atoms with van der Waals surface area (Å²) in [4.78, 5) is 21.9. The Morgan fingerprint density at radius 2 is 1.80 bits per heavy atom. The fourth-order valence-electron chi connectivity index (χ4n) is 4.47. The molecule has 0 radical (unpaired) electrons. The van der Waals surface area contributed by atoms with Gasteiger partial charge in [-0.25, -0.2) is 22.2 Å². The van der Waals surface area contributed by atoms with E-state index in [0.29, 0.717) is 27.9 Å². The molecule has 1 aliphatic heterocycles. The molecule has 8 nitrogen and oxygen atoms in total. The molecule has 1 atom stereocenters. The number of halogens is 3. The van der Waals surface area contributed by atoms with Crippen LogP contribution in [-0.4, -0.2) is 47.1 Å². The zero-order valence-electron chi connectivity index (χ0n) is 21.9. The van der Waals surface area contributed by atoms with Crippen molar-refractivity contribution in [3.05, 3.63) is 94.1 Å². The van der Waals surface area contributed by atoms with Gasteiger partial charge >= 0.3 is 0 Å². The topological polar surface area (TPSA) is 104 Å². The molecule has 5 rings (SSSR count). The molecule has 1 saturated heterocycles. The van der Waals surface area contributed by atoms with Gasteiger partial charge in [-0.1, -0.05) is 41.4 Å². The van der Waals surface area contributed by atoms with Gasteiger partial charge in [0.2, 0.25) is 5.91 Å². The van der Waals surface area contributed by atoms with Crippen molar-refractivity contribution >= 4 is 44.7 Å². The first-order chi connectivity index (χ1) is 19.5. The Balaban J connectivity index is 1.37. The maximum atomic E-state index is 14.4. The van der Waals surface area contributed by atoms with E-state index in [4.69, 9.17) is 16.6 Å². The van der Waals surface area contributed by atoms with Crippen LogP contribution in [0.2, 0.25) is 4.34 Å². The first-order valence-corrected chi connectivity index (χ1v) is 15.3. The Morgan fingerprint density at radius 1 is 1.07 bits per heavy atom. The molecule has 0 bridgehead atoms. The second kappa shape index (κ2) is 11.8. The number of amides is 1. The lowest BCUT2D eigenvalue weighted by Gasteiger charge is -2.22. The molecule has 0 aliphatic carbocycles. The molecule has 4 heterocycles. The molecular weight excluding hydrogens is 592 g/mol. The number of aryl methyl sites for hydroxylation is 1. The largest absolute Gasteiger partial charge is 0.366 e. The Bertz CT molecular complexity index is 1650. The third kappa shape index (κ3) is 6.89. The van der Waals surface area contributed by atoms with E-state index in [1.807, 2.05) is 43.3 Å². The summed E-state index contributed by atoms with van der Waals surface area (Å²) in [5.74, 6) is -3.61. The molecule has 1 aliphatic rings. The Morgan fingerprint density at radius 3 is 2.49 bits per heavy atom. The second-order valence-electron chi connectivity index (χ2n) is 9.72. The minimum absolute atomic E-state index is 0.0229. The minimum atomic E-state index is -4.35. The van der Waals surface area contributed by atoms with Crippen molar-refractivity contribution in [3.8, 4) is 11.3 Å². The monoisotopic (exact) mass is 617 g/mol. The number of nitrogens with zero attached hydrogens (tertiary/aromatic N) is 3. The number of alkyl halides is 2. The van der Waals surface area contributed by atoms with Gasteiger partial charge in [-0.05, 0) is 54.4 Å². The predicted octanol–water partition coefficient (Wildman–Crippen LogP) is 5.49. The SMILES string of the molecule is Cc1ccc(-c2cc(CNC(=O)[C@@H]3CC(F)(F)CN3S(=O)(=O)c3ccc(Cl)s3)cc(NCc3ccncc3)n2)cc1. The van der Waals surface area contributed by atoms with Crippen LogP contribution in [0.3, 0.4) is 0 Å². The molecule has 0 spiro atoms. The lowest BCUT2D eigenvalue weighted by molar-refractivity contribution is -0.124. The van der Waals surface area contributed by atoms with Gasteiger partial charge in [0.15, 0.2) is 0 Å². The van der Waals surface area contributed by atoms with Gasteiger partial charge in [0.1, 0.15) is 16.1 Å². The molecule has 1 aromatic carbocycles. The summed E-state index contributed by atoms with van der Waals surface area (Å²) in [6.45, 7) is 1.35. The first-order valence-electron chi connectivity index (χ1n) is 12.6. The minimum Gasteiger partial charge on any atom is -0.366 e. The number of sulfonamides is 1. The molecular formula is C28H26ClF2N5O3S2. The number of benzene rings is 1. The van der Waals surface area contributed by atoms with E-state index in [0.717, 1.165) is 28.0 Å². The summed E-state index contributed by atoms with van der Waals surface area (Å²) in [7, 11) is -4.35. The van der Waals surface area contributed by atoms with Crippen LogP contribution in [0.25, 0.3) is 11.3 Å². The molecule has 1 amide bonds. The number of nitrogens with one attached hydrogen (secondary N) is 2. The average Bonchev–Trinajstić information content (AvgIpc) is 3.55. The first kappa shape index (κ1) is 29.1. The van der Waals surface area contributed by atoms with Crippen molar-refractivity contribution < 1.29 is 22.0 Å². The fourth-order valence-corrected chi connectivity index (χ4v) is 7.69. The normalized spacial score (nSPS) is 16.9. The zero-order chi connectivity index (χ0) is 29.2. The van der Waals surface area contributed by atoms with Crippen LogP contribution in [0.15, 0.2) is 77.3 Å². The number of pyridine rings is 2. The van der Waals surface area contributed by atoms with Crippen LogP contribution in [0.5, 0.6) is 0 Å². The van der Waals surface area contributed by atoms with E-state index >= 15 is 0 Å². The van der Waals surface area contributed by atoms with Gasteiger partial charge < -0.3 is 10.6 Å². The van der Waals surface area contributed by atoms with Gasteiger partial charge in [0.05, 0.1) is 16.6 Å². The number of anilines is 1. The third-order valence-electron chi connectivity index (χ3n) is 6.56. The smallest absolute Gasteiger partial charge is 0.263 e. The number of thiophene rings is 1. The lowest BCUT2D eigenvalue weighted by atomic mass is 10.1. The molecule has 0 unspecified atom stereocenters. The van der Waals surface area contributed by atoms with Crippen LogP contribution < -0.4 is 10.6 Å². The van der Waals surface area contributed by atoms with Crippen molar-refractivity contribution in [2.45, 2.75) is 42.6 Å². The summed E-state index contributed by atoms with van der Waals surface area (Å²) < 4.78 is 55.7. The van der Waals surface area contributed by atoms with Crippen LogP contribution in [0.4, 0.5) is 14.6 Å². The summed E-state index contributed by atoms with van der Waals surface area (Å²) in [6, 6.07) is 16.2. The molecule has 3 aromatic heterocycles. The fraction of sp³-hybridized carbons (Fsp3) is 0.250. The quantitative estimate of drug-likeness (QED) is 0.257. The van der Waals surface area contributed by atoms with Gasteiger partial charge in [0.25, 0.3) is 15.9 Å². The summed E-state index contributed by atoms with van der Waals surface area (Å²) >= 11 is 6.63. The average molecular weight is 618 g/mol. The van der Waals surface area contributed by atoms with Gasteiger partial charge in [0, 0.05) is 37.5 Å². The highest BCUT2D eigenvalue weighted by Crippen LogP contribution is 2.38. The highest BCUT2D eigenvalue weighted by atomic mass is 35.5. The lowest BCUT2D eigenvalue weighted by Crippen LogP contribution is -2.45. The Kier molecular flexibility index (Phi) is 8.37. The molecule has 2 N–H and O–H groups in total. The van der Waals surface area contributed by atoms with Crippen molar-refractivity contribution in [1.82, 2.24) is 19.6 Å². The summed E-state index contributed by atoms with van der Waals surface area (Å²) in [6.07, 6.45) is 2.47. The van der Waals surface area contributed by atoms with Crippen molar-refractivity contribution in [1.29, 1.82) is 0 Å². The van der Waals surface area contributed by atoms with E-state index < -0.39 is 40.9 Å². The van der Waals surface area contributed by atoms with E-state index in [1.54, 1.807) is 24.5 Å². The molecule has 13 heteroatoms. The van der Waals surface area contributed by atoms with Gasteiger partial charge in [-0.2, -0.15) is 4.31 Å². The number of rotatable bonds is 9. The van der Waals surface area contributed by atoms with Gasteiger partial charge in [-0.15, -0.1) is 11.3 Å². The number of hydrogen-bond acceptors (Lipinski definition) is 7. The van der Waals surface area contributed by atoms with E-state index in [1.165, 1.54) is 12.1 Å². The molecule has 1 fully saturated rings. The maximum absolute atomic E-state index is 14.4. The van der Waals surface area contributed by atoms with Crippen LogP contribution in [0, 0.1) is 6.92 Å². The summed E-state index contributed by atoms with van der Waals surface area (Å²) in [5.41, 5.74) is 4.25. The number of aromatic nitrogens is 2. The van der Waals surface area contributed by atoms with E-state index in [9.17, 15) is 22.0 Å². The molecule has 214 valence electrons. The Hall–Kier alpha value is -3.45. The van der Waals surface area contributed by atoms with Crippen molar-refractivity contribution in [2.24, 2.45) is 0 Å². The third-order valence-corrected chi connectivity index (χ3v) is 10.1. The van der Waals surface area contributed by atoms with E-state index in [2.05, 4.69) is 15.6 Å². The molecule has 0 saturated carbocycles. The highest BCUT2D eigenvalue weighted by molar-refractivity contribution is 7.91. The number of hydrogen-bond donors (Lipinski definition) is 2. The highest BCUT2D eigenvalue weighted by Gasteiger charge is 2.53. The van der Waals surface area contributed by atoms with E-state index in [-0.39, 0.29) is 15.1 Å². The predicted molar refractivity (Wildman–Crippen MR) is 154 cm³/mol. The van der Waals surface area contributed by atoms with Crippen LogP contribution >= 0.6 is 22.9 Å². The standard InChI is InChI=1S/C28H26ClF2N5O3S2/c1-18-2-4-21(5-3-18)22-12-20(13-25(35-22)33-15-19-8-10-32-11-9-19)16-34-27(37)23-14-28(30,31)17-36(23)41(38,39)26-7-6-24(29)40-26/h2-13,23H,14-17H2,1H3,(H,33,35)(H,34,37)/t23-/m0/s1.